The number of aromatic nitrogens is 1. The highest BCUT2D eigenvalue weighted by atomic mass is 35.7. The second kappa shape index (κ2) is 5.14. The molecule has 0 radical (unpaired) electrons. The summed E-state index contributed by atoms with van der Waals surface area (Å²) in [5.41, 5.74) is -0.237. The SMILES string of the molecule is CCC(C)(C)C(=O)Nc1nc(C)c(S(=O)(=O)Cl)s1. The van der Waals surface area contributed by atoms with Gasteiger partial charge in [-0.25, -0.2) is 13.4 Å². The molecule has 18 heavy (non-hydrogen) atoms. The average molecular weight is 311 g/mol. The zero-order valence-electron chi connectivity index (χ0n) is 10.6. The number of amides is 1. The average Bonchev–Trinajstić information content (AvgIpc) is 2.59. The summed E-state index contributed by atoms with van der Waals surface area (Å²) < 4.78 is 22.4. The Morgan fingerprint density at radius 3 is 2.44 bits per heavy atom. The first kappa shape index (κ1) is 15.4. The zero-order valence-corrected chi connectivity index (χ0v) is 13.0. The lowest BCUT2D eigenvalue weighted by molar-refractivity contribution is -0.124. The van der Waals surface area contributed by atoms with E-state index in [0.717, 1.165) is 11.3 Å². The minimum absolute atomic E-state index is 0.0335. The Morgan fingerprint density at radius 2 is 2.06 bits per heavy atom. The molecule has 0 aliphatic heterocycles. The normalized spacial score (nSPS) is 12.5. The molecule has 0 aromatic carbocycles. The fourth-order valence-corrected chi connectivity index (χ4v) is 3.44. The molecule has 0 aliphatic carbocycles. The number of nitrogens with zero attached hydrogens (tertiary/aromatic N) is 1. The fourth-order valence-electron chi connectivity index (χ4n) is 1.09. The first-order chi connectivity index (χ1) is 8.08. The van der Waals surface area contributed by atoms with Crippen molar-refractivity contribution in [2.45, 2.75) is 38.3 Å². The largest absolute Gasteiger partial charge is 0.301 e. The van der Waals surface area contributed by atoms with Gasteiger partial charge in [-0.3, -0.25) is 4.79 Å². The number of rotatable bonds is 4. The zero-order chi connectivity index (χ0) is 14.1. The van der Waals surface area contributed by atoms with Crippen LogP contribution in [0.25, 0.3) is 0 Å². The molecule has 0 bridgehead atoms. The van der Waals surface area contributed by atoms with E-state index < -0.39 is 14.5 Å². The lowest BCUT2D eigenvalue weighted by Gasteiger charge is -2.20. The summed E-state index contributed by atoms with van der Waals surface area (Å²) in [4.78, 5) is 15.9. The second-order valence-corrected chi connectivity index (χ2v) is 8.28. The topological polar surface area (TPSA) is 76.1 Å². The number of halogens is 1. The maximum atomic E-state index is 11.9. The summed E-state index contributed by atoms with van der Waals surface area (Å²) in [6.45, 7) is 7.05. The molecule has 1 aromatic rings. The van der Waals surface area contributed by atoms with Gasteiger partial charge in [-0.1, -0.05) is 32.1 Å². The van der Waals surface area contributed by atoms with Crippen molar-refractivity contribution < 1.29 is 13.2 Å². The molecule has 0 atom stereocenters. The number of carbonyl (C=O) groups excluding carboxylic acids is 1. The quantitative estimate of drug-likeness (QED) is 0.868. The van der Waals surface area contributed by atoms with E-state index in [1.807, 2.05) is 20.8 Å². The highest BCUT2D eigenvalue weighted by Gasteiger charge is 2.27. The van der Waals surface area contributed by atoms with Crippen LogP contribution in [-0.4, -0.2) is 19.3 Å². The standard InChI is InChI=1S/C10H15ClN2O3S2/c1-5-10(3,4)8(14)13-9-12-6(2)7(17-9)18(11,15)16/h5H2,1-4H3,(H,12,13,14). The van der Waals surface area contributed by atoms with Crippen molar-refractivity contribution in [3.05, 3.63) is 5.69 Å². The van der Waals surface area contributed by atoms with E-state index in [1.165, 1.54) is 6.92 Å². The van der Waals surface area contributed by atoms with Crippen LogP contribution < -0.4 is 5.32 Å². The molecule has 8 heteroatoms. The number of hydrogen-bond acceptors (Lipinski definition) is 5. The molecule has 0 spiro atoms. The van der Waals surface area contributed by atoms with Crippen molar-refractivity contribution in [1.82, 2.24) is 4.98 Å². The Hall–Kier alpha value is -0.660. The molecule has 1 rings (SSSR count). The third kappa shape index (κ3) is 3.43. The summed E-state index contributed by atoms with van der Waals surface area (Å²) in [6.07, 6.45) is 0.670. The van der Waals surface area contributed by atoms with Crippen molar-refractivity contribution in [2.75, 3.05) is 5.32 Å². The maximum Gasteiger partial charge on any atom is 0.272 e. The van der Waals surface area contributed by atoms with Gasteiger partial charge in [0.15, 0.2) is 9.34 Å². The molecular weight excluding hydrogens is 296 g/mol. The van der Waals surface area contributed by atoms with Crippen LogP contribution in [-0.2, 0) is 13.8 Å². The van der Waals surface area contributed by atoms with Gasteiger partial charge in [-0.15, -0.1) is 0 Å². The predicted molar refractivity (Wildman–Crippen MR) is 72.6 cm³/mol. The summed E-state index contributed by atoms with van der Waals surface area (Å²) in [5.74, 6) is -0.197. The Labute approximate surface area is 115 Å². The summed E-state index contributed by atoms with van der Waals surface area (Å²) >= 11 is 0.858. The molecule has 0 unspecified atom stereocenters. The van der Waals surface area contributed by atoms with Crippen molar-refractivity contribution in [2.24, 2.45) is 5.41 Å². The summed E-state index contributed by atoms with van der Waals surface area (Å²) in [7, 11) is 1.45. The van der Waals surface area contributed by atoms with Crippen LogP contribution in [0.15, 0.2) is 4.21 Å². The van der Waals surface area contributed by atoms with Crippen LogP contribution in [0.3, 0.4) is 0 Å². The third-order valence-electron chi connectivity index (χ3n) is 2.69. The van der Waals surface area contributed by atoms with E-state index in [-0.39, 0.29) is 15.2 Å². The number of thiazole rings is 1. The van der Waals surface area contributed by atoms with E-state index in [2.05, 4.69) is 10.3 Å². The summed E-state index contributed by atoms with van der Waals surface area (Å²) in [5, 5.41) is 2.86. The van der Waals surface area contributed by atoms with Gasteiger partial charge >= 0.3 is 0 Å². The highest BCUT2D eigenvalue weighted by Crippen LogP contribution is 2.31. The van der Waals surface area contributed by atoms with E-state index >= 15 is 0 Å². The van der Waals surface area contributed by atoms with E-state index in [1.54, 1.807) is 0 Å². The highest BCUT2D eigenvalue weighted by molar-refractivity contribution is 8.15. The van der Waals surface area contributed by atoms with Gasteiger partial charge in [-0.2, -0.15) is 0 Å². The lowest BCUT2D eigenvalue weighted by Crippen LogP contribution is -2.29. The minimum Gasteiger partial charge on any atom is -0.301 e. The molecule has 0 fully saturated rings. The van der Waals surface area contributed by atoms with Gasteiger partial charge in [0.05, 0.1) is 5.69 Å². The van der Waals surface area contributed by atoms with Crippen molar-refractivity contribution in [1.29, 1.82) is 0 Å². The number of aryl methyl sites for hydroxylation is 1. The van der Waals surface area contributed by atoms with E-state index in [9.17, 15) is 13.2 Å². The van der Waals surface area contributed by atoms with Crippen LogP contribution in [0, 0.1) is 12.3 Å². The fraction of sp³-hybridized carbons (Fsp3) is 0.600. The van der Waals surface area contributed by atoms with Gasteiger partial charge in [0.2, 0.25) is 5.91 Å². The molecule has 1 aromatic heterocycles. The van der Waals surface area contributed by atoms with Crippen LogP contribution >= 0.6 is 22.0 Å². The Morgan fingerprint density at radius 1 is 1.50 bits per heavy atom. The van der Waals surface area contributed by atoms with E-state index in [0.29, 0.717) is 12.1 Å². The van der Waals surface area contributed by atoms with Gasteiger partial charge in [0.1, 0.15) is 0 Å². The number of anilines is 1. The first-order valence-electron chi connectivity index (χ1n) is 5.31. The monoisotopic (exact) mass is 310 g/mol. The number of hydrogen-bond donors (Lipinski definition) is 1. The molecule has 102 valence electrons. The third-order valence-corrected chi connectivity index (χ3v) is 5.95. The van der Waals surface area contributed by atoms with Gasteiger partial charge < -0.3 is 5.32 Å². The Bertz CT molecular complexity index is 564. The molecule has 1 N–H and O–H groups in total. The summed E-state index contributed by atoms with van der Waals surface area (Å²) in [6, 6.07) is 0. The van der Waals surface area contributed by atoms with Crippen LogP contribution in [0.4, 0.5) is 5.13 Å². The van der Waals surface area contributed by atoms with Crippen molar-refractivity contribution in [3.8, 4) is 0 Å². The Balaban J connectivity index is 2.99. The smallest absolute Gasteiger partial charge is 0.272 e. The predicted octanol–water partition coefficient (Wildman–Crippen LogP) is 2.75. The molecule has 5 nitrogen and oxygen atoms in total. The van der Waals surface area contributed by atoms with Crippen molar-refractivity contribution >= 4 is 42.1 Å². The van der Waals surface area contributed by atoms with E-state index in [4.69, 9.17) is 10.7 Å². The number of nitrogens with one attached hydrogen (secondary N) is 1. The van der Waals surface area contributed by atoms with Gasteiger partial charge in [0, 0.05) is 16.1 Å². The van der Waals surface area contributed by atoms with Crippen molar-refractivity contribution in [3.63, 3.8) is 0 Å². The first-order valence-corrected chi connectivity index (χ1v) is 8.44. The molecule has 0 saturated heterocycles. The lowest BCUT2D eigenvalue weighted by atomic mass is 9.89. The number of carbonyl (C=O) groups is 1. The minimum atomic E-state index is -3.81. The molecule has 1 heterocycles. The van der Waals surface area contributed by atoms with Gasteiger partial charge in [0.25, 0.3) is 9.05 Å². The van der Waals surface area contributed by atoms with Crippen LogP contribution in [0.5, 0.6) is 0 Å². The van der Waals surface area contributed by atoms with Crippen LogP contribution in [0.2, 0.25) is 0 Å². The van der Waals surface area contributed by atoms with Gasteiger partial charge in [-0.05, 0) is 13.3 Å². The molecule has 0 saturated carbocycles. The molecule has 1 amide bonds. The second-order valence-electron chi connectivity index (χ2n) is 4.52. The molecular formula is C10H15ClN2O3S2. The van der Waals surface area contributed by atoms with Crippen LogP contribution in [0.1, 0.15) is 32.9 Å². The maximum absolute atomic E-state index is 11.9. The molecule has 0 aliphatic rings. The Kier molecular flexibility index (Phi) is 4.40.